The second kappa shape index (κ2) is 5.85. The zero-order valence-electron chi connectivity index (χ0n) is 11.8. The summed E-state index contributed by atoms with van der Waals surface area (Å²) in [6.07, 6.45) is 5.43. The van der Waals surface area contributed by atoms with Gasteiger partial charge in [-0.25, -0.2) is 4.68 Å². The van der Waals surface area contributed by atoms with Gasteiger partial charge in [0, 0.05) is 19.6 Å². The highest BCUT2D eigenvalue weighted by Crippen LogP contribution is 2.30. The molecule has 110 valence electrons. The van der Waals surface area contributed by atoms with E-state index in [0.29, 0.717) is 16.3 Å². The minimum atomic E-state index is -0.0227. The van der Waals surface area contributed by atoms with Crippen LogP contribution in [0.1, 0.15) is 19.3 Å². The van der Waals surface area contributed by atoms with E-state index in [9.17, 15) is 4.79 Å². The molecular formula is C14H21BrN4O. The Morgan fingerprint density at radius 2 is 2.20 bits per heavy atom. The van der Waals surface area contributed by atoms with E-state index < -0.39 is 0 Å². The largest absolute Gasteiger partial charge is 0.382 e. The molecule has 0 radical (unpaired) electrons. The number of nitrogens with zero attached hydrogens (tertiary/aromatic N) is 3. The Labute approximate surface area is 127 Å². The first-order valence-corrected chi connectivity index (χ1v) is 8.11. The van der Waals surface area contributed by atoms with Gasteiger partial charge in [-0.3, -0.25) is 4.79 Å². The van der Waals surface area contributed by atoms with Crippen LogP contribution in [0.3, 0.4) is 0 Å². The Bertz CT molecular complexity index is 540. The third kappa shape index (κ3) is 3.23. The Kier molecular flexibility index (Phi) is 4.12. The maximum absolute atomic E-state index is 12.2. The van der Waals surface area contributed by atoms with Crippen molar-refractivity contribution in [2.75, 3.05) is 32.0 Å². The number of anilines is 1. The molecule has 2 heterocycles. The van der Waals surface area contributed by atoms with E-state index in [2.05, 4.69) is 38.3 Å². The van der Waals surface area contributed by atoms with Crippen LogP contribution < -0.4 is 10.9 Å². The summed E-state index contributed by atoms with van der Waals surface area (Å²) in [5.74, 6) is 1.31. The van der Waals surface area contributed by atoms with Gasteiger partial charge < -0.3 is 10.2 Å². The Hall–Kier alpha value is -0.880. The van der Waals surface area contributed by atoms with Gasteiger partial charge in [0.2, 0.25) is 0 Å². The van der Waals surface area contributed by atoms with Crippen molar-refractivity contribution >= 4 is 21.6 Å². The van der Waals surface area contributed by atoms with Crippen LogP contribution in [0.4, 0.5) is 5.69 Å². The lowest BCUT2D eigenvalue weighted by Crippen LogP contribution is -2.26. The first kappa shape index (κ1) is 14.1. The van der Waals surface area contributed by atoms with Crippen LogP contribution in [0.5, 0.6) is 0 Å². The van der Waals surface area contributed by atoms with Crippen LogP contribution in [-0.4, -0.2) is 41.4 Å². The molecule has 2 fully saturated rings. The molecule has 1 aromatic rings. The SMILES string of the molecule is CN1CCC(CNc2cnn(CC3CC3)c(=O)c2Br)C1. The summed E-state index contributed by atoms with van der Waals surface area (Å²) in [7, 11) is 2.15. The molecule has 2 aliphatic rings. The zero-order valence-corrected chi connectivity index (χ0v) is 13.4. The first-order valence-electron chi connectivity index (χ1n) is 7.31. The summed E-state index contributed by atoms with van der Waals surface area (Å²) < 4.78 is 2.19. The molecule has 0 spiro atoms. The molecule has 6 heteroatoms. The predicted octanol–water partition coefficient (Wildman–Crippen LogP) is 1.78. The van der Waals surface area contributed by atoms with Crippen LogP contribution in [-0.2, 0) is 6.54 Å². The molecule has 20 heavy (non-hydrogen) atoms. The standard InChI is InChI=1S/C14H21BrN4O/c1-18-5-4-11(8-18)6-16-12-7-17-19(9-10-2-3-10)14(20)13(12)15/h7,10-11,16H,2-6,8-9H2,1H3. The number of nitrogens with one attached hydrogen (secondary N) is 1. The van der Waals surface area contributed by atoms with Crippen LogP contribution in [0.15, 0.2) is 15.5 Å². The third-order valence-electron chi connectivity index (χ3n) is 4.18. The van der Waals surface area contributed by atoms with Crippen molar-refractivity contribution in [1.29, 1.82) is 0 Å². The lowest BCUT2D eigenvalue weighted by Gasteiger charge is -2.14. The maximum atomic E-state index is 12.2. The van der Waals surface area contributed by atoms with E-state index in [-0.39, 0.29) is 5.56 Å². The lowest BCUT2D eigenvalue weighted by atomic mass is 10.1. The van der Waals surface area contributed by atoms with Gasteiger partial charge in [-0.1, -0.05) is 0 Å². The van der Waals surface area contributed by atoms with Gasteiger partial charge in [0.05, 0.1) is 11.9 Å². The monoisotopic (exact) mass is 340 g/mol. The summed E-state index contributed by atoms with van der Waals surface area (Å²) in [5.41, 5.74) is 0.794. The van der Waals surface area contributed by atoms with Crippen LogP contribution in [0.2, 0.25) is 0 Å². The minimum Gasteiger partial charge on any atom is -0.382 e. The van der Waals surface area contributed by atoms with Crippen molar-refractivity contribution in [2.45, 2.75) is 25.8 Å². The Morgan fingerprint density at radius 3 is 2.85 bits per heavy atom. The number of rotatable bonds is 5. The summed E-state index contributed by atoms with van der Waals surface area (Å²) in [6.45, 7) is 3.94. The number of hydrogen-bond donors (Lipinski definition) is 1. The molecule has 0 amide bonds. The van der Waals surface area contributed by atoms with Gasteiger partial charge in [-0.05, 0) is 60.6 Å². The summed E-state index contributed by atoms with van der Waals surface area (Å²) in [6, 6.07) is 0. The molecule has 3 rings (SSSR count). The van der Waals surface area contributed by atoms with Gasteiger partial charge in [0.15, 0.2) is 0 Å². The van der Waals surface area contributed by atoms with E-state index in [1.165, 1.54) is 19.3 Å². The molecule has 5 nitrogen and oxygen atoms in total. The van der Waals surface area contributed by atoms with Crippen molar-refractivity contribution in [3.05, 3.63) is 21.0 Å². The summed E-state index contributed by atoms with van der Waals surface area (Å²) in [5, 5.41) is 7.64. The Balaban J connectivity index is 1.64. The lowest BCUT2D eigenvalue weighted by molar-refractivity contribution is 0.399. The topological polar surface area (TPSA) is 50.2 Å². The summed E-state index contributed by atoms with van der Waals surface area (Å²) >= 11 is 3.42. The number of aromatic nitrogens is 2. The predicted molar refractivity (Wildman–Crippen MR) is 83.0 cm³/mol. The molecule has 1 aliphatic carbocycles. The molecule has 0 aromatic carbocycles. The van der Waals surface area contributed by atoms with Crippen molar-refractivity contribution in [3.8, 4) is 0 Å². The molecule has 1 saturated heterocycles. The minimum absolute atomic E-state index is 0.0227. The second-order valence-corrected chi connectivity index (χ2v) is 6.89. The smallest absolute Gasteiger partial charge is 0.283 e. The fourth-order valence-corrected chi connectivity index (χ4v) is 3.16. The average molecular weight is 341 g/mol. The maximum Gasteiger partial charge on any atom is 0.283 e. The third-order valence-corrected chi connectivity index (χ3v) is 4.95. The highest BCUT2D eigenvalue weighted by Gasteiger charge is 2.24. The molecule has 1 aromatic heterocycles. The zero-order chi connectivity index (χ0) is 14.1. The van der Waals surface area contributed by atoms with Gasteiger partial charge >= 0.3 is 0 Å². The number of halogens is 1. The van der Waals surface area contributed by atoms with E-state index in [1.54, 1.807) is 10.9 Å². The molecule has 1 atom stereocenters. The number of likely N-dealkylation sites (tertiary alicyclic amines) is 1. The van der Waals surface area contributed by atoms with Crippen LogP contribution in [0, 0.1) is 11.8 Å². The fourth-order valence-electron chi connectivity index (χ4n) is 2.71. The highest BCUT2D eigenvalue weighted by atomic mass is 79.9. The average Bonchev–Trinajstić information content (AvgIpc) is 3.15. The molecule has 1 aliphatic heterocycles. The quantitative estimate of drug-likeness (QED) is 0.887. The van der Waals surface area contributed by atoms with Crippen LogP contribution >= 0.6 is 15.9 Å². The van der Waals surface area contributed by atoms with Gasteiger partial charge in [0.1, 0.15) is 4.47 Å². The van der Waals surface area contributed by atoms with Gasteiger partial charge in [0.25, 0.3) is 5.56 Å². The first-order chi connectivity index (χ1) is 9.63. The van der Waals surface area contributed by atoms with Gasteiger partial charge in [-0.2, -0.15) is 5.10 Å². The molecule has 1 unspecified atom stereocenters. The Morgan fingerprint density at radius 1 is 1.40 bits per heavy atom. The highest BCUT2D eigenvalue weighted by molar-refractivity contribution is 9.10. The fraction of sp³-hybridized carbons (Fsp3) is 0.714. The number of hydrogen-bond acceptors (Lipinski definition) is 4. The molecule has 1 N–H and O–H groups in total. The van der Waals surface area contributed by atoms with Crippen molar-refractivity contribution in [2.24, 2.45) is 11.8 Å². The van der Waals surface area contributed by atoms with E-state index in [0.717, 1.165) is 31.9 Å². The van der Waals surface area contributed by atoms with E-state index >= 15 is 0 Å². The van der Waals surface area contributed by atoms with Gasteiger partial charge in [-0.15, -0.1) is 0 Å². The van der Waals surface area contributed by atoms with Crippen molar-refractivity contribution in [1.82, 2.24) is 14.7 Å². The van der Waals surface area contributed by atoms with Crippen molar-refractivity contribution < 1.29 is 0 Å². The van der Waals surface area contributed by atoms with E-state index in [1.807, 2.05) is 0 Å². The molecule has 1 saturated carbocycles. The molecular weight excluding hydrogens is 320 g/mol. The van der Waals surface area contributed by atoms with Crippen LogP contribution in [0.25, 0.3) is 0 Å². The molecule has 0 bridgehead atoms. The second-order valence-electron chi connectivity index (χ2n) is 6.10. The summed E-state index contributed by atoms with van der Waals surface area (Å²) in [4.78, 5) is 14.5. The van der Waals surface area contributed by atoms with E-state index in [4.69, 9.17) is 0 Å². The normalized spacial score (nSPS) is 23.2. The van der Waals surface area contributed by atoms with Crippen molar-refractivity contribution in [3.63, 3.8) is 0 Å².